The maximum atomic E-state index is 12.5. The first kappa shape index (κ1) is 19.8. The van der Waals surface area contributed by atoms with Crippen LogP contribution in [0.1, 0.15) is 36.2 Å². The molecule has 2 aromatic rings. The summed E-state index contributed by atoms with van der Waals surface area (Å²) in [6.45, 7) is 5.81. The standard InChI is InChI=1S/C20H22ClNO4/c1-4-18(26-16-10-11-17(21)13(3)12-16)19(23)22-15-8-6-14(7-9-15)20(24)25-5-2/h6-12,18H,4-5H2,1-3H3,(H,22,23)/t18-/m1/s1. The van der Waals surface area contributed by atoms with E-state index in [2.05, 4.69) is 5.32 Å². The Kier molecular flexibility index (Phi) is 7.04. The lowest BCUT2D eigenvalue weighted by Crippen LogP contribution is -2.32. The lowest BCUT2D eigenvalue weighted by atomic mass is 10.2. The first-order valence-corrected chi connectivity index (χ1v) is 8.83. The van der Waals surface area contributed by atoms with Crippen molar-refractivity contribution in [2.45, 2.75) is 33.3 Å². The first-order valence-electron chi connectivity index (χ1n) is 8.45. The summed E-state index contributed by atoms with van der Waals surface area (Å²) in [5.74, 6) is -0.0613. The molecule has 26 heavy (non-hydrogen) atoms. The third-order valence-corrected chi connectivity index (χ3v) is 4.16. The van der Waals surface area contributed by atoms with Gasteiger partial charge < -0.3 is 14.8 Å². The summed E-state index contributed by atoms with van der Waals surface area (Å²) in [6, 6.07) is 11.8. The molecule has 0 saturated carbocycles. The SMILES string of the molecule is CCOC(=O)c1ccc(NC(=O)[C@@H](CC)Oc2ccc(Cl)c(C)c2)cc1. The number of carbonyl (C=O) groups is 2. The van der Waals surface area contributed by atoms with E-state index < -0.39 is 12.1 Å². The van der Waals surface area contributed by atoms with Gasteiger partial charge in [-0.05, 0) is 68.3 Å². The summed E-state index contributed by atoms with van der Waals surface area (Å²) < 4.78 is 10.7. The monoisotopic (exact) mass is 375 g/mol. The molecule has 0 aromatic heterocycles. The zero-order chi connectivity index (χ0) is 19.1. The highest BCUT2D eigenvalue weighted by Gasteiger charge is 2.19. The van der Waals surface area contributed by atoms with Gasteiger partial charge in [-0.15, -0.1) is 0 Å². The van der Waals surface area contributed by atoms with Crippen LogP contribution >= 0.6 is 11.6 Å². The molecular weight excluding hydrogens is 354 g/mol. The summed E-state index contributed by atoms with van der Waals surface area (Å²) in [6.07, 6.45) is -0.130. The Morgan fingerprint density at radius 3 is 2.38 bits per heavy atom. The minimum atomic E-state index is -0.639. The Morgan fingerprint density at radius 1 is 1.12 bits per heavy atom. The van der Waals surface area contributed by atoms with Crippen molar-refractivity contribution in [1.29, 1.82) is 0 Å². The number of amides is 1. The predicted octanol–water partition coefficient (Wildman–Crippen LogP) is 4.62. The number of benzene rings is 2. The van der Waals surface area contributed by atoms with Gasteiger partial charge in [0.2, 0.25) is 0 Å². The predicted molar refractivity (Wildman–Crippen MR) is 102 cm³/mol. The van der Waals surface area contributed by atoms with Crippen LogP contribution in [0.4, 0.5) is 5.69 Å². The fraction of sp³-hybridized carbons (Fsp3) is 0.300. The van der Waals surface area contributed by atoms with E-state index in [1.54, 1.807) is 49.4 Å². The average Bonchev–Trinajstić information content (AvgIpc) is 2.63. The molecule has 5 nitrogen and oxygen atoms in total. The van der Waals surface area contributed by atoms with Crippen molar-refractivity contribution in [3.8, 4) is 5.75 Å². The minimum Gasteiger partial charge on any atom is -0.481 e. The van der Waals surface area contributed by atoms with E-state index in [1.165, 1.54) is 0 Å². The molecule has 6 heteroatoms. The topological polar surface area (TPSA) is 64.6 Å². The van der Waals surface area contributed by atoms with Gasteiger partial charge in [-0.2, -0.15) is 0 Å². The van der Waals surface area contributed by atoms with E-state index in [1.807, 2.05) is 13.8 Å². The molecule has 1 atom stereocenters. The number of halogens is 1. The summed E-state index contributed by atoms with van der Waals surface area (Å²) in [7, 11) is 0. The molecule has 2 aromatic carbocycles. The normalized spacial score (nSPS) is 11.5. The number of carbonyl (C=O) groups excluding carboxylic acids is 2. The third-order valence-electron chi connectivity index (χ3n) is 3.73. The summed E-state index contributed by atoms with van der Waals surface area (Å²) in [5.41, 5.74) is 1.90. The molecule has 0 spiro atoms. The Bertz CT molecular complexity index is 774. The molecular formula is C20H22ClNO4. The Labute approximate surface area is 158 Å². The van der Waals surface area contributed by atoms with Crippen LogP contribution < -0.4 is 10.1 Å². The van der Waals surface area contributed by atoms with Crippen LogP contribution in [-0.4, -0.2) is 24.6 Å². The molecule has 0 fully saturated rings. The van der Waals surface area contributed by atoms with E-state index in [0.717, 1.165) is 5.56 Å². The molecule has 0 radical (unpaired) electrons. The molecule has 2 rings (SSSR count). The molecule has 0 aliphatic heterocycles. The van der Waals surface area contributed by atoms with Crippen molar-refractivity contribution >= 4 is 29.2 Å². The van der Waals surface area contributed by atoms with E-state index >= 15 is 0 Å². The zero-order valence-electron chi connectivity index (χ0n) is 15.0. The molecule has 0 heterocycles. The minimum absolute atomic E-state index is 0.260. The van der Waals surface area contributed by atoms with Crippen LogP contribution in [0.5, 0.6) is 5.75 Å². The number of hydrogen-bond donors (Lipinski definition) is 1. The van der Waals surface area contributed by atoms with E-state index in [9.17, 15) is 9.59 Å². The number of nitrogens with one attached hydrogen (secondary N) is 1. The van der Waals surface area contributed by atoms with Crippen LogP contribution in [0.25, 0.3) is 0 Å². The van der Waals surface area contributed by atoms with E-state index in [-0.39, 0.29) is 5.91 Å². The molecule has 1 amide bonds. The van der Waals surface area contributed by atoms with Crippen LogP contribution in [-0.2, 0) is 9.53 Å². The van der Waals surface area contributed by atoms with Gasteiger partial charge in [0.05, 0.1) is 12.2 Å². The van der Waals surface area contributed by atoms with Gasteiger partial charge in [0.25, 0.3) is 5.91 Å². The largest absolute Gasteiger partial charge is 0.481 e. The summed E-state index contributed by atoms with van der Waals surface area (Å²) >= 11 is 6.01. The highest BCUT2D eigenvalue weighted by Crippen LogP contribution is 2.23. The third kappa shape index (κ3) is 5.23. The van der Waals surface area contributed by atoms with Gasteiger partial charge in [0, 0.05) is 10.7 Å². The quantitative estimate of drug-likeness (QED) is 0.717. The van der Waals surface area contributed by atoms with Crippen molar-refractivity contribution in [1.82, 2.24) is 0 Å². The highest BCUT2D eigenvalue weighted by molar-refractivity contribution is 6.31. The number of ether oxygens (including phenoxy) is 2. The average molecular weight is 376 g/mol. The van der Waals surface area contributed by atoms with Crippen LogP contribution in [0.2, 0.25) is 5.02 Å². The molecule has 0 bridgehead atoms. The molecule has 1 N–H and O–H groups in total. The van der Waals surface area contributed by atoms with Gasteiger partial charge in [-0.1, -0.05) is 18.5 Å². The lowest BCUT2D eigenvalue weighted by Gasteiger charge is -2.18. The summed E-state index contributed by atoms with van der Waals surface area (Å²) in [4.78, 5) is 24.1. The number of hydrogen-bond acceptors (Lipinski definition) is 4. The number of aryl methyl sites for hydroxylation is 1. The van der Waals surface area contributed by atoms with Crippen molar-refractivity contribution < 1.29 is 19.1 Å². The molecule has 0 saturated heterocycles. The van der Waals surface area contributed by atoms with E-state index in [4.69, 9.17) is 21.1 Å². The zero-order valence-corrected chi connectivity index (χ0v) is 15.8. The number of esters is 1. The Hall–Kier alpha value is -2.53. The van der Waals surface area contributed by atoms with Gasteiger partial charge in [0.15, 0.2) is 6.10 Å². The smallest absolute Gasteiger partial charge is 0.338 e. The van der Waals surface area contributed by atoms with Crippen molar-refractivity contribution in [2.24, 2.45) is 0 Å². The van der Waals surface area contributed by atoms with Gasteiger partial charge >= 0.3 is 5.97 Å². The molecule has 0 aliphatic carbocycles. The van der Waals surface area contributed by atoms with Crippen molar-refractivity contribution in [2.75, 3.05) is 11.9 Å². The maximum Gasteiger partial charge on any atom is 0.338 e. The van der Waals surface area contributed by atoms with Crippen molar-refractivity contribution in [3.05, 3.63) is 58.6 Å². The fourth-order valence-corrected chi connectivity index (χ4v) is 2.42. The highest BCUT2D eigenvalue weighted by atomic mass is 35.5. The second-order valence-corrected chi connectivity index (χ2v) is 6.12. The van der Waals surface area contributed by atoms with Crippen molar-refractivity contribution in [3.63, 3.8) is 0 Å². The second kappa shape index (κ2) is 9.25. The molecule has 0 aliphatic rings. The number of rotatable bonds is 7. The van der Waals surface area contributed by atoms with Crippen LogP contribution in [0.3, 0.4) is 0 Å². The van der Waals surface area contributed by atoms with Gasteiger partial charge in [0.1, 0.15) is 5.75 Å². The molecule has 138 valence electrons. The Balaban J connectivity index is 2.02. The van der Waals surface area contributed by atoms with Gasteiger partial charge in [-0.3, -0.25) is 4.79 Å². The lowest BCUT2D eigenvalue weighted by molar-refractivity contribution is -0.122. The molecule has 0 unspecified atom stereocenters. The number of anilines is 1. The maximum absolute atomic E-state index is 12.5. The van der Waals surface area contributed by atoms with Crippen LogP contribution in [0.15, 0.2) is 42.5 Å². The van der Waals surface area contributed by atoms with Gasteiger partial charge in [-0.25, -0.2) is 4.79 Å². The summed E-state index contributed by atoms with van der Waals surface area (Å²) in [5, 5.41) is 3.44. The van der Waals surface area contributed by atoms with E-state index in [0.29, 0.717) is 35.1 Å². The van der Waals surface area contributed by atoms with Crippen LogP contribution in [0, 0.1) is 6.92 Å². The fourth-order valence-electron chi connectivity index (χ4n) is 2.30. The Morgan fingerprint density at radius 2 is 1.81 bits per heavy atom. The first-order chi connectivity index (χ1) is 12.4. The second-order valence-electron chi connectivity index (χ2n) is 5.71.